The van der Waals surface area contributed by atoms with Crippen molar-refractivity contribution in [1.29, 1.82) is 0 Å². The van der Waals surface area contributed by atoms with Crippen LogP contribution >= 0.6 is 0 Å². The standard InChI is InChI=1S/C48H46FN9O6/c1-2-26-5-3-6-27-19-33(59)21-36(40(26)27)42-41(49)43-37(22-50-42)44(56-23-28-8-9-29(24-56)51-28)54-48(53-43)64-25-32-7-4-16-57(32)30-14-17-55(18-15-30)31-10-11-34-35(20-31)47(63)58(46(34)62)38-12-13-39(60)52-45(38)61/h1,3,5-6,10-11,19-22,28-30,32,38,51,59H,4,7-9,12-18,23-25H2,(H,52,60,61)/t28-,29+,32-,38?/m0/s1. The van der Waals surface area contributed by atoms with Gasteiger partial charge in [0.1, 0.15) is 35.4 Å². The molecular formula is C48H46FN9O6. The quantitative estimate of drug-likeness (QED) is 0.147. The minimum atomic E-state index is -1.01. The fourth-order valence-corrected chi connectivity index (χ4v) is 11.0. The lowest BCUT2D eigenvalue weighted by Gasteiger charge is -2.40. The van der Waals surface area contributed by atoms with Gasteiger partial charge in [0.15, 0.2) is 5.82 Å². The molecule has 326 valence electrons. The number of carbonyl (C=O) groups excluding carboxylic acids is 4. The van der Waals surface area contributed by atoms with Gasteiger partial charge in [0, 0.05) is 85.2 Å². The normalized spacial score (nSPS) is 23.9. The average molecular weight is 864 g/mol. The third-order valence-electron chi connectivity index (χ3n) is 14.1. The Bertz CT molecular complexity index is 2830. The molecule has 5 aromatic rings. The van der Waals surface area contributed by atoms with Crippen molar-refractivity contribution in [3.8, 4) is 35.4 Å². The van der Waals surface area contributed by atoms with Crippen LogP contribution in [0.2, 0.25) is 0 Å². The number of anilines is 2. The molecule has 0 saturated carbocycles. The number of amides is 4. The SMILES string of the molecule is C#Cc1cccc2cc(O)cc(-c3ncc4c(N5C[C@H]6CC[C@@H](C5)N6)nc(OC[C@@H]5CCCN5C5CCN(c6ccc7c(c6)C(=O)N(C6CCC(=O)NC6=O)C7=O)CC5)nc4c3F)c12. The molecule has 2 aromatic heterocycles. The summed E-state index contributed by atoms with van der Waals surface area (Å²) in [4.78, 5) is 73.3. The Labute approximate surface area is 368 Å². The first-order valence-corrected chi connectivity index (χ1v) is 22.2. The molecule has 3 aromatic carbocycles. The van der Waals surface area contributed by atoms with E-state index < -0.39 is 35.5 Å². The summed E-state index contributed by atoms with van der Waals surface area (Å²) in [5.41, 5.74) is 2.41. The molecule has 5 fully saturated rings. The van der Waals surface area contributed by atoms with E-state index in [1.54, 1.807) is 36.5 Å². The van der Waals surface area contributed by atoms with Crippen LogP contribution in [0.1, 0.15) is 77.6 Å². The van der Waals surface area contributed by atoms with Crippen molar-refractivity contribution in [2.24, 2.45) is 0 Å². The number of phenols is 1. The second-order valence-corrected chi connectivity index (χ2v) is 17.8. The molecule has 5 saturated heterocycles. The Morgan fingerprint density at radius 3 is 2.45 bits per heavy atom. The monoisotopic (exact) mass is 863 g/mol. The summed E-state index contributed by atoms with van der Waals surface area (Å²) in [7, 11) is 0. The van der Waals surface area contributed by atoms with Crippen molar-refractivity contribution >= 4 is 56.8 Å². The van der Waals surface area contributed by atoms with Gasteiger partial charge in [-0.05, 0) is 93.3 Å². The molecule has 64 heavy (non-hydrogen) atoms. The number of aromatic nitrogens is 3. The zero-order valence-electron chi connectivity index (χ0n) is 35.1. The number of ether oxygens (including phenoxy) is 1. The highest BCUT2D eigenvalue weighted by Gasteiger charge is 2.45. The zero-order valence-corrected chi connectivity index (χ0v) is 35.1. The lowest BCUT2D eigenvalue weighted by atomic mass is 9.96. The molecule has 16 heteroatoms. The highest BCUT2D eigenvalue weighted by molar-refractivity contribution is 6.23. The Kier molecular flexibility index (Phi) is 9.92. The van der Waals surface area contributed by atoms with Gasteiger partial charge in [0.2, 0.25) is 11.8 Å². The van der Waals surface area contributed by atoms with Gasteiger partial charge in [-0.3, -0.25) is 39.3 Å². The van der Waals surface area contributed by atoms with E-state index in [1.807, 2.05) is 12.1 Å². The van der Waals surface area contributed by atoms with Gasteiger partial charge in [-0.2, -0.15) is 9.97 Å². The van der Waals surface area contributed by atoms with E-state index in [9.17, 15) is 24.3 Å². The fraction of sp³-hybridized carbons (Fsp3) is 0.396. The number of piperidine rings is 2. The molecule has 11 rings (SSSR count). The van der Waals surface area contributed by atoms with Crippen molar-refractivity contribution in [2.45, 2.75) is 81.6 Å². The number of aromatic hydroxyl groups is 1. The Morgan fingerprint density at radius 1 is 0.875 bits per heavy atom. The lowest BCUT2D eigenvalue weighted by Crippen LogP contribution is -2.54. The topological polar surface area (TPSA) is 173 Å². The smallest absolute Gasteiger partial charge is 0.319 e. The first kappa shape index (κ1) is 40.1. The Hall–Kier alpha value is -6.70. The zero-order chi connectivity index (χ0) is 43.8. The third-order valence-corrected chi connectivity index (χ3v) is 14.1. The number of phenolic OH excluding ortho intramolecular Hbond substituents is 1. The van der Waals surface area contributed by atoms with E-state index in [1.165, 1.54) is 6.07 Å². The summed E-state index contributed by atoms with van der Waals surface area (Å²) in [5, 5.41) is 18.4. The second-order valence-electron chi connectivity index (χ2n) is 17.8. The number of fused-ring (bicyclic) bond motifs is 5. The van der Waals surface area contributed by atoms with Crippen molar-refractivity contribution in [1.82, 2.24) is 35.4 Å². The molecule has 8 heterocycles. The number of nitrogens with one attached hydrogen (secondary N) is 2. The van der Waals surface area contributed by atoms with Crippen LogP contribution < -0.4 is 25.2 Å². The molecular weight excluding hydrogens is 818 g/mol. The summed E-state index contributed by atoms with van der Waals surface area (Å²) in [6, 6.07) is 13.8. The van der Waals surface area contributed by atoms with Crippen molar-refractivity contribution in [2.75, 3.05) is 49.1 Å². The van der Waals surface area contributed by atoms with E-state index in [4.69, 9.17) is 21.1 Å². The van der Waals surface area contributed by atoms with E-state index in [-0.39, 0.29) is 59.0 Å². The third kappa shape index (κ3) is 6.85. The summed E-state index contributed by atoms with van der Waals surface area (Å²) in [5.74, 6) is 0.522. The van der Waals surface area contributed by atoms with Crippen LogP contribution in [0.3, 0.4) is 0 Å². The molecule has 4 atom stereocenters. The number of hydrogen-bond acceptors (Lipinski definition) is 13. The molecule has 6 aliphatic rings. The molecule has 6 aliphatic heterocycles. The van der Waals surface area contributed by atoms with Gasteiger partial charge in [-0.25, -0.2) is 4.39 Å². The van der Waals surface area contributed by atoms with E-state index in [0.717, 1.165) is 68.7 Å². The van der Waals surface area contributed by atoms with E-state index in [0.29, 0.717) is 64.9 Å². The maximum absolute atomic E-state index is 17.1. The van der Waals surface area contributed by atoms with Gasteiger partial charge in [0.05, 0.1) is 16.5 Å². The fourth-order valence-electron chi connectivity index (χ4n) is 11.0. The van der Waals surface area contributed by atoms with Gasteiger partial charge < -0.3 is 25.0 Å². The Morgan fingerprint density at radius 2 is 1.67 bits per heavy atom. The first-order chi connectivity index (χ1) is 31.1. The van der Waals surface area contributed by atoms with Crippen molar-refractivity contribution in [3.05, 3.63) is 77.2 Å². The lowest BCUT2D eigenvalue weighted by molar-refractivity contribution is -0.136. The van der Waals surface area contributed by atoms with E-state index >= 15 is 4.39 Å². The van der Waals surface area contributed by atoms with Crippen LogP contribution in [-0.2, 0) is 9.59 Å². The maximum Gasteiger partial charge on any atom is 0.319 e. The number of imide groups is 2. The number of carbonyl (C=O) groups is 4. The van der Waals surface area contributed by atoms with Crippen LogP contribution in [0.25, 0.3) is 32.9 Å². The highest BCUT2D eigenvalue weighted by Crippen LogP contribution is 2.40. The second kappa shape index (κ2) is 15.8. The summed E-state index contributed by atoms with van der Waals surface area (Å²) < 4.78 is 23.6. The number of benzene rings is 3. The van der Waals surface area contributed by atoms with Crippen LogP contribution in [0, 0.1) is 18.2 Å². The number of hydrogen-bond donors (Lipinski definition) is 3. The molecule has 0 spiro atoms. The predicted octanol–water partition coefficient (Wildman–Crippen LogP) is 4.53. The molecule has 15 nitrogen and oxygen atoms in total. The van der Waals surface area contributed by atoms with Crippen LogP contribution in [0.5, 0.6) is 11.8 Å². The number of pyridine rings is 1. The van der Waals surface area contributed by atoms with Gasteiger partial charge in [-0.15, -0.1) is 6.42 Å². The molecule has 1 unspecified atom stereocenters. The molecule has 0 aliphatic carbocycles. The first-order valence-electron chi connectivity index (χ1n) is 22.2. The number of nitrogens with zero attached hydrogens (tertiary/aromatic N) is 7. The summed E-state index contributed by atoms with van der Waals surface area (Å²) in [6.45, 7) is 4.14. The highest BCUT2D eigenvalue weighted by atomic mass is 19.1. The number of terminal acetylenes is 1. The average Bonchev–Trinajstić information content (AvgIpc) is 3.99. The number of rotatable bonds is 8. The molecule has 4 amide bonds. The van der Waals surface area contributed by atoms with Crippen molar-refractivity contribution < 1.29 is 33.4 Å². The number of likely N-dealkylation sites (tertiary alicyclic amines) is 1. The summed E-state index contributed by atoms with van der Waals surface area (Å²) in [6.07, 6.45) is 13.5. The molecule has 2 bridgehead atoms. The number of halogens is 1. The summed E-state index contributed by atoms with van der Waals surface area (Å²) >= 11 is 0. The molecule has 3 N–H and O–H groups in total. The molecule has 0 radical (unpaired) electrons. The van der Waals surface area contributed by atoms with Crippen LogP contribution in [0.4, 0.5) is 15.9 Å². The minimum absolute atomic E-state index is 0.0227. The van der Waals surface area contributed by atoms with Crippen molar-refractivity contribution in [3.63, 3.8) is 0 Å². The largest absolute Gasteiger partial charge is 0.508 e. The Balaban J connectivity index is 0.822. The predicted molar refractivity (Wildman–Crippen MR) is 236 cm³/mol. The van der Waals surface area contributed by atoms with Gasteiger partial charge in [0.25, 0.3) is 11.8 Å². The number of piperazine rings is 1. The van der Waals surface area contributed by atoms with E-state index in [2.05, 4.69) is 36.2 Å². The minimum Gasteiger partial charge on any atom is -0.508 e. The van der Waals surface area contributed by atoms with Gasteiger partial charge in [-0.1, -0.05) is 18.1 Å². The maximum atomic E-state index is 17.1. The van der Waals surface area contributed by atoms with Gasteiger partial charge >= 0.3 is 6.01 Å². The van der Waals surface area contributed by atoms with Crippen LogP contribution in [0.15, 0.2) is 54.7 Å². The van der Waals surface area contributed by atoms with Crippen LogP contribution in [-0.4, -0.2) is 123 Å².